The Kier molecular flexibility index (Phi) is 5.17. The van der Waals surface area contributed by atoms with Crippen LogP contribution < -0.4 is 10.1 Å². The number of anilines is 1. The standard InChI is InChI=1S/C23H18N2O2S/c1-27-19-6-4-5-17(15-19)23(26)24-18-12-9-16(10-13-18)11-14-22-25-20-7-2-3-8-21(20)28-22/h2-15H,1H3,(H,24,26). The van der Waals surface area contributed by atoms with Crippen LogP contribution in [0.5, 0.6) is 5.75 Å². The number of rotatable bonds is 5. The number of hydrogen-bond acceptors (Lipinski definition) is 4. The first-order chi connectivity index (χ1) is 13.7. The summed E-state index contributed by atoms with van der Waals surface area (Å²) in [5.74, 6) is 0.486. The molecule has 28 heavy (non-hydrogen) atoms. The van der Waals surface area contributed by atoms with Crippen LogP contribution in [0.3, 0.4) is 0 Å². The molecule has 4 aromatic rings. The Morgan fingerprint density at radius 2 is 1.82 bits per heavy atom. The normalized spacial score (nSPS) is 11.0. The molecule has 1 amide bonds. The van der Waals surface area contributed by atoms with Crippen molar-refractivity contribution in [2.24, 2.45) is 0 Å². The van der Waals surface area contributed by atoms with Crippen LogP contribution in [-0.4, -0.2) is 18.0 Å². The van der Waals surface area contributed by atoms with Crippen LogP contribution in [0.2, 0.25) is 0 Å². The first-order valence-electron chi connectivity index (χ1n) is 8.80. The molecule has 3 aromatic carbocycles. The number of nitrogens with one attached hydrogen (secondary N) is 1. The Morgan fingerprint density at radius 1 is 1.00 bits per heavy atom. The van der Waals surface area contributed by atoms with E-state index in [0.717, 1.165) is 21.8 Å². The van der Waals surface area contributed by atoms with Gasteiger partial charge in [0.05, 0.1) is 17.3 Å². The van der Waals surface area contributed by atoms with Gasteiger partial charge in [0.2, 0.25) is 0 Å². The van der Waals surface area contributed by atoms with Crippen molar-refractivity contribution < 1.29 is 9.53 Å². The third-order valence-corrected chi connectivity index (χ3v) is 5.23. The Balaban J connectivity index is 1.43. The van der Waals surface area contributed by atoms with E-state index >= 15 is 0 Å². The number of ether oxygens (including phenoxy) is 1. The van der Waals surface area contributed by atoms with Crippen LogP contribution in [-0.2, 0) is 0 Å². The van der Waals surface area contributed by atoms with Crippen LogP contribution in [0.1, 0.15) is 20.9 Å². The molecule has 1 N–H and O–H groups in total. The van der Waals surface area contributed by atoms with Crippen molar-refractivity contribution in [3.8, 4) is 5.75 Å². The molecule has 0 unspecified atom stereocenters. The van der Waals surface area contributed by atoms with Crippen LogP contribution in [0, 0.1) is 0 Å². The fourth-order valence-corrected chi connectivity index (χ4v) is 3.64. The lowest BCUT2D eigenvalue weighted by atomic mass is 10.1. The smallest absolute Gasteiger partial charge is 0.255 e. The van der Waals surface area contributed by atoms with Gasteiger partial charge in [-0.2, -0.15) is 0 Å². The maximum Gasteiger partial charge on any atom is 0.255 e. The molecule has 0 radical (unpaired) electrons. The van der Waals surface area contributed by atoms with E-state index in [0.29, 0.717) is 11.3 Å². The first kappa shape index (κ1) is 17.9. The van der Waals surface area contributed by atoms with Crippen molar-refractivity contribution in [3.05, 3.63) is 88.9 Å². The lowest BCUT2D eigenvalue weighted by molar-refractivity contribution is 0.102. The highest BCUT2D eigenvalue weighted by atomic mass is 32.1. The lowest BCUT2D eigenvalue weighted by Crippen LogP contribution is -2.11. The van der Waals surface area contributed by atoms with Gasteiger partial charge in [-0.25, -0.2) is 4.98 Å². The highest BCUT2D eigenvalue weighted by Crippen LogP contribution is 2.23. The minimum atomic E-state index is -0.170. The molecule has 0 aliphatic carbocycles. The van der Waals surface area contributed by atoms with Crippen LogP contribution in [0.4, 0.5) is 5.69 Å². The highest BCUT2D eigenvalue weighted by Gasteiger charge is 2.07. The van der Waals surface area contributed by atoms with Gasteiger partial charge in [-0.3, -0.25) is 4.79 Å². The number of hydrogen-bond donors (Lipinski definition) is 1. The number of aromatic nitrogens is 1. The number of amides is 1. The minimum Gasteiger partial charge on any atom is -0.497 e. The molecule has 0 atom stereocenters. The van der Waals surface area contributed by atoms with Gasteiger partial charge in [-0.05, 0) is 54.1 Å². The number of methoxy groups -OCH3 is 1. The number of para-hydroxylation sites is 1. The van der Waals surface area contributed by atoms with Crippen LogP contribution in [0.25, 0.3) is 22.4 Å². The Hall–Kier alpha value is -3.44. The zero-order valence-corrected chi connectivity index (χ0v) is 16.1. The lowest BCUT2D eigenvalue weighted by Gasteiger charge is -2.07. The zero-order chi connectivity index (χ0) is 19.3. The summed E-state index contributed by atoms with van der Waals surface area (Å²) >= 11 is 1.66. The second-order valence-corrected chi connectivity index (χ2v) is 7.22. The third kappa shape index (κ3) is 4.10. The largest absolute Gasteiger partial charge is 0.497 e. The number of fused-ring (bicyclic) bond motifs is 1. The van der Waals surface area contributed by atoms with Gasteiger partial charge >= 0.3 is 0 Å². The van der Waals surface area contributed by atoms with Crippen molar-refractivity contribution in [2.75, 3.05) is 12.4 Å². The van der Waals surface area contributed by atoms with E-state index in [2.05, 4.69) is 16.4 Å². The number of carbonyl (C=O) groups is 1. The molecule has 1 aromatic heterocycles. The summed E-state index contributed by atoms with van der Waals surface area (Å²) in [7, 11) is 1.58. The summed E-state index contributed by atoms with van der Waals surface area (Å²) in [6.45, 7) is 0. The predicted octanol–water partition coefficient (Wildman–Crippen LogP) is 5.73. The first-order valence-corrected chi connectivity index (χ1v) is 9.62. The van der Waals surface area contributed by atoms with Crippen LogP contribution >= 0.6 is 11.3 Å². The van der Waals surface area contributed by atoms with Gasteiger partial charge in [-0.15, -0.1) is 11.3 Å². The number of thiazole rings is 1. The summed E-state index contributed by atoms with van der Waals surface area (Å²) in [6.07, 6.45) is 4.03. The highest BCUT2D eigenvalue weighted by molar-refractivity contribution is 7.19. The molecular formula is C23H18N2O2S. The SMILES string of the molecule is COc1cccc(C(=O)Nc2ccc(C=Cc3nc4ccccc4s3)cc2)c1. The number of nitrogens with zero attached hydrogens (tertiary/aromatic N) is 1. The van der Waals surface area contributed by atoms with Crippen LogP contribution in [0.15, 0.2) is 72.8 Å². The predicted molar refractivity (Wildman–Crippen MR) is 116 cm³/mol. The van der Waals surface area contributed by atoms with Crippen molar-refractivity contribution in [3.63, 3.8) is 0 Å². The van der Waals surface area contributed by atoms with E-state index in [1.54, 1.807) is 36.6 Å². The minimum absolute atomic E-state index is 0.170. The Labute approximate surface area is 167 Å². The Bertz CT molecular complexity index is 1110. The topological polar surface area (TPSA) is 51.2 Å². The van der Waals surface area contributed by atoms with E-state index < -0.39 is 0 Å². The van der Waals surface area contributed by atoms with E-state index in [9.17, 15) is 4.79 Å². The zero-order valence-electron chi connectivity index (χ0n) is 15.3. The molecule has 0 saturated carbocycles. The molecule has 0 spiro atoms. The molecule has 0 aliphatic rings. The fraction of sp³-hybridized carbons (Fsp3) is 0.0435. The van der Waals surface area contributed by atoms with Gasteiger partial charge in [-0.1, -0.05) is 36.4 Å². The molecule has 4 rings (SSSR count). The molecule has 138 valence electrons. The van der Waals surface area contributed by atoms with E-state index in [1.807, 2.05) is 60.7 Å². The molecule has 0 bridgehead atoms. The van der Waals surface area contributed by atoms with Crippen molar-refractivity contribution in [2.45, 2.75) is 0 Å². The summed E-state index contributed by atoms with van der Waals surface area (Å²) in [4.78, 5) is 17.0. The average Bonchev–Trinajstić information content (AvgIpc) is 3.16. The molecule has 0 fully saturated rings. The molecule has 0 aliphatic heterocycles. The third-order valence-electron chi connectivity index (χ3n) is 4.23. The summed E-state index contributed by atoms with van der Waals surface area (Å²) in [6, 6.07) is 22.9. The van der Waals surface area contributed by atoms with Gasteiger partial charge in [0.1, 0.15) is 10.8 Å². The Morgan fingerprint density at radius 3 is 2.61 bits per heavy atom. The molecule has 1 heterocycles. The molecule has 5 heteroatoms. The monoisotopic (exact) mass is 386 g/mol. The van der Waals surface area contributed by atoms with E-state index in [-0.39, 0.29) is 5.91 Å². The van der Waals surface area contributed by atoms with Crippen molar-refractivity contribution in [1.29, 1.82) is 0 Å². The molecule has 4 nitrogen and oxygen atoms in total. The molecule has 0 saturated heterocycles. The van der Waals surface area contributed by atoms with Crippen molar-refractivity contribution in [1.82, 2.24) is 4.98 Å². The van der Waals surface area contributed by atoms with Gasteiger partial charge in [0, 0.05) is 11.3 Å². The summed E-state index contributed by atoms with van der Waals surface area (Å²) in [5, 5.41) is 3.87. The quantitative estimate of drug-likeness (QED) is 0.477. The molecular weight excluding hydrogens is 368 g/mol. The van der Waals surface area contributed by atoms with E-state index in [1.165, 1.54) is 4.70 Å². The van der Waals surface area contributed by atoms with Gasteiger partial charge in [0.15, 0.2) is 0 Å². The maximum atomic E-state index is 12.4. The summed E-state index contributed by atoms with van der Waals surface area (Å²) in [5.41, 5.74) is 3.35. The number of carbonyl (C=O) groups excluding carboxylic acids is 1. The number of benzene rings is 3. The second-order valence-electron chi connectivity index (χ2n) is 6.16. The fourth-order valence-electron chi connectivity index (χ4n) is 2.77. The maximum absolute atomic E-state index is 12.4. The van der Waals surface area contributed by atoms with Gasteiger partial charge in [0.25, 0.3) is 5.91 Å². The van der Waals surface area contributed by atoms with Crippen molar-refractivity contribution >= 4 is 45.3 Å². The van der Waals surface area contributed by atoms with E-state index in [4.69, 9.17) is 4.74 Å². The second kappa shape index (κ2) is 8.06. The average molecular weight is 386 g/mol. The van der Waals surface area contributed by atoms with Gasteiger partial charge < -0.3 is 10.1 Å². The summed E-state index contributed by atoms with van der Waals surface area (Å²) < 4.78 is 6.34.